The quantitative estimate of drug-likeness (QED) is 0.107. The van der Waals surface area contributed by atoms with Crippen LogP contribution >= 0.6 is 11.6 Å². The van der Waals surface area contributed by atoms with Gasteiger partial charge in [0.25, 0.3) is 5.92 Å². The van der Waals surface area contributed by atoms with Crippen molar-refractivity contribution in [3.8, 4) is 23.0 Å². The van der Waals surface area contributed by atoms with E-state index >= 15 is 8.78 Å². The van der Waals surface area contributed by atoms with Crippen molar-refractivity contribution in [2.24, 2.45) is 18.9 Å². The Labute approximate surface area is 337 Å². The maximum Gasteiger partial charge on any atom is 0.435 e. The molecule has 0 spiro atoms. The molecule has 4 heterocycles. The second-order valence-electron chi connectivity index (χ2n) is 14.6. The van der Waals surface area contributed by atoms with E-state index in [2.05, 4.69) is 37.4 Å². The number of aryl methyl sites for hydroxylation is 1. The molecular formula is C38H34ClF7N8O4S. The van der Waals surface area contributed by atoms with Crippen LogP contribution in [0.5, 0.6) is 0 Å². The molecule has 0 radical (unpaired) electrons. The minimum absolute atomic E-state index is 0.00827. The van der Waals surface area contributed by atoms with Gasteiger partial charge in [0.05, 0.1) is 33.9 Å². The van der Waals surface area contributed by atoms with E-state index in [9.17, 15) is 40.3 Å². The minimum atomic E-state index is -5.11. The van der Waals surface area contributed by atoms with Crippen molar-refractivity contribution < 1.29 is 49.1 Å². The molecule has 1 amide bonds. The first-order chi connectivity index (χ1) is 27.6. The van der Waals surface area contributed by atoms with Crippen LogP contribution in [0.15, 0.2) is 42.5 Å². The van der Waals surface area contributed by atoms with Crippen molar-refractivity contribution in [3.63, 3.8) is 0 Å². The Hall–Kier alpha value is -5.23. The zero-order valence-corrected chi connectivity index (χ0v) is 32.8. The normalized spacial score (nSPS) is 17.5. The van der Waals surface area contributed by atoms with Crippen LogP contribution in [0, 0.1) is 35.3 Å². The third-order valence-corrected chi connectivity index (χ3v) is 11.0. The number of amides is 1. The van der Waals surface area contributed by atoms with Crippen molar-refractivity contribution >= 4 is 44.3 Å². The Balaban J connectivity index is 1.39. The molecule has 1 fully saturated rings. The number of nitrogens with zero attached hydrogens (tertiary/aromatic N) is 5. The topological polar surface area (TPSA) is 156 Å². The molecule has 2 aliphatic rings. The van der Waals surface area contributed by atoms with Gasteiger partial charge in [0.1, 0.15) is 35.7 Å². The van der Waals surface area contributed by atoms with Crippen molar-refractivity contribution in [2.45, 2.75) is 50.6 Å². The minimum Gasteiger partial charge on any atom is -0.380 e. The lowest BCUT2D eigenvalue weighted by atomic mass is 9.93. The molecular weight excluding hydrogens is 833 g/mol. The zero-order valence-electron chi connectivity index (χ0n) is 31.2. The number of rotatable bonds is 10. The van der Waals surface area contributed by atoms with E-state index in [0.717, 1.165) is 25.3 Å². The summed E-state index contributed by atoms with van der Waals surface area (Å²) in [6.45, 7) is 1.01. The van der Waals surface area contributed by atoms with Gasteiger partial charge in [0.15, 0.2) is 11.5 Å². The second kappa shape index (κ2) is 15.4. The predicted octanol–water partition coefficient (Wildman–Crippen LogP) is 5.47. The summed E-state index contributed by atoms with van der Waals surface area (Å²) in [4.78, 5) is 18.7. The number of aliphatic hydroxyl groups excluding tert-OH is 1. The molecule has 312 valence electrons. The molecule has 4 N–H and O–H groups in total. The van der Waals surface area contributed by atoms with Crippen LogP contribution < -0.4 is 15.4 Å². The smallest absolute Gasteiger partial charge is 0.380 e. The third-order valence-electron chi connectivity index (χ3n) is 10.1. The number of alkyl halides is 5. The molecule has 3 aromatic heterocycles. The lowest BCUT2D eigenvalue weighted by molar-refractivity contribution is -0.142. The molecule has 1 aliphatic heterocycles. The van der Waals surface area contributed by atoms with Crippen LogP contribution in [0.2, 0.25) is 5.02 Å². The fourth-order valence-electron chi connectivity index (χ4n) is 7.31. The van der Waals surface area contributed by atoms with Gasteiger partial charge < -0.3 is 15.7 Å². The standard InChI is InChI=1S/C38H34ClF7N8O4S/c1-18-10-26-34(38(44,45)46)50-54(35(26)37(18,42)43)17-30(56)49-28(13-19-11-21(40)14-22(41)12-19)32-24(6-4-23(48-32)5-9-29(55)20-15-47-16-20)25-7-8-27(39)31-33(25)53(2)51-36(31)52-59(3,57)58/h4,6-8,11-12,14,18,20,28-29,47,55H,10,13,15-17H2,1-3H3,(H,49,56)(H,51,52)/t18-,28+,29?/m1/s1. The first-order valence-corrected chi connectivity index (χ1v) is 20.2. The van der Waals surface area contributed by atoms with Gasteiger partial charge >= 0.3 is 6.18 Å². The van der Waals surface area contributed by atoms with Gasteiger partial charge in [-0.25, -0.2) is 22.2 Å². The average Bonchev–Trinajstić information content (AvgIpc) is 3.70. The maximum atomic E-state index is 15.4. The summed E-state index contributed by atoms with van der Waals surface area (Å²) < 4.78 is 130. The van der Waals surface area contributed by atoms with Crippen LogP contribution in [0.1, 0.15) is 46.9 Å². The van der Waals surface area contributed by atoms with Gasteiger partial charge in [-0.3, -0.25) is 18.9 Å². The SMILES string of the molecule is C[C@@H]1Cc2c(C(F)(F)F)nn(CC(=O)N[C@@H](Cc3cc(F)cc(F)c3)c3nc(C#CC(O)C4CNC4)ccc3-c3ccc(Cl)c4c(NS(C)(=O)=O)nn(C)c34)c2C1(F)F. The van der Waals surface area contributed by atoms with E-state index in [1.807, 2.05) is 0 Å². The van der Waals surface area contributed by atoms with Gasteiger partial charge in [-0.1, -0.05) is 30.5 Å². The number of aromatic nitrogens is 5. The third kappa shape index (κ3) is 8.46. The van der Waals surface area contributed by atoms with E-state index in [-0.39, 0.29) is 50.2 Å². The zero-order chi connectivity index (χ0) is 42.8. The van der Waals surface area contributed by atoms with Crippen LogP contribution in [0.4, 0.5) is 36.6 Å². The molecule has 1 unspecified atom stereocenters. The first kappa shape index (κ1) is 41.9. The van der Waals surface area contributed by atoms with Gasteiger partial charge in [0, 0.05) is 54.7 Å². The van der Waals surface area contributed by atoms with Gasteiger partial charge in [0.2, 0.25) is 15.9 Å². The number of pyridine rings is 1. The number of carbonyl (C=O) groups is 1. The van der Waals surface area contributed by atoms with Crippen LogP contribution in [0.25, 0.3) is 22.0 Å². The highest BCUT2D eigenvalue weighted by Crippen LogP contribution is 2.49. The molecule has 1 aliphatic carbocycles. The summed E-state index contributed by atoms with van der Waals surface area (Å²) in [5.41, 5.74) is -2.50. The fourth-order valence-corrected chi connectivity index (χ4v) is 8.05. The van der Waals surface area contributed by atoms with Crippen LogP contribution in [0.3, 0.4) is 0 Å². The summed E-state index contributed by atoms with van der Waals surface area (Å²) in [5, 5.41) is 24.2. The highest BCUT2D eigenvalue weighted by atomic mass is 35.5. The fraction of sp³-hybridized carbons (Fsp3) is 0.368. The van der Waals surface area contributed by atoms with E-state index in [1.165, 1.54) is 29.9 Å². The van der Waals surface area contributed by atoms with Crippen LogP contribution in [-0.4, -0.2) is 69.4 Å². The highest BCUT2D eigenvalue weighted by molar-refractivity contribution is 7.92. The summed E-state index contributed by atoms with van der Waals surface area (Å²) in [7, 11) is -2.36. The van der Waals surface area contributed by atoms with Gasteiger partial charge in [-0.05, 0) is 54.7 Å². The average molecular weight is 867 g/mol. The molecule has 0 saturated carbocycles. The number of hydrogen-bond donors (Lipinski definition) is 4. The molecule has 2 aromatic carbocycles. The summed E-state index contributed by atoms with van der Waals surface area (Å²) in [6, 6.07) is 7.19. The molecule has 59 heavy (non-hydrogen) atoms. The van der Waals surface area contributed by atoms with Crippen molar-refractivity contribution in [1.29, 1.82) is 0 Å². The summed E-state index contributed by atoms with van der Waals surface area (Å²) in [6.07, 6.45) is -6.28. The van der Waals surface area contributed by atoms with Crippen LogP contribution in [-0.2, 0) is 53.4 Å². The molecule has 12 nitrogen and oxygen atoms in total. The number of halogens is 8. The molecule has 7 rings (SSSR count). The Morgan fingerprint density at radius 2 is 1.78 bits per heavy atom. The number of nitrogens with one attached hydrogen (secondary N) is 3. The number of benzene rings is 2. The lowest BCUT2D eigenvalue weighted by Crippen LogP contribution is -2.48. The Morgan fingerprint density at radius 1 is 1.10 bits per heavy atom. The monoisotopic (exact) mass is 866 g/mol. The van der Waals surface area contributed by atoms with Gasteiger partial charge in [-0.2, -0.15) is 32.1 Å². The molecule has 3 atom stereocenters. The van der Waals surface area contributed by atoms with E-state index in [4.69, 9.17) is 16.6 Å². The predicted molar refractivity (Wildman–Crippen MR) is 202 cm³/mol. The Kier molecular flexibility index (Phi) is 11.0. The molecule has 5 aromatic rings. The second-order valence-corrected chi connectivity index (χ2v) is 16.7. The number of anilines is 1. The number of sulfonamides is 1. The summed E-state index contributed by atoms with van der Waals surface area (Å²) in [5.74, 6) is -3.09. The van der Waals surface area contributed by atoms with E-state index in [0.29, 0.717) is 29.4 Å². The highest BCUT2D eigenvalue weighted by Gasteiger charge is 2.54. The molecule has 0 bridgehead atoms. The Morgan fingerprint density at radius 3 is 2.41 bits per heavy atom. The largest absolute Gasteiger partial charge is 0.435 e. The maximum absolute atomic E-state index is 15.4. The number of aliphatic hydroxyl groups is 1. The first-order valence-electron chi connectivity index (χ1n) is 17.9. The lowest BCUT2D eigenvalue weighted by Gasteiger charge is -2.28. The molecule has 21 heteroatoms. The van der Waals surface area contributed by atoms with Crippen molar-refractivity contribution in [1.82, 2.24) is 35.2 Å². The van der Waals surface area contributed by atoms with E-state index in [1.54, 1.807) is 6.07 Å². The number of carbonyl (C=O) groups excluding carboxylic acids is 1. The molecule has 1 saturated heterocycles. The van der Waals surface area contributed by atoms with Crippen molar-refractivity contribution in [3.05, 3.63) is 93.0 Å². The number of hydrogen-bond acceptors (Lipinski definition) is 8. The van der Waals surface area contributed by atoms with E-state index < -0.39 is 94.1 Å². The van der Waals surface area contributed by atoms with Gasteiger partial charge in [-0.15, -0.1) is 0 Å². The summed E-state index contributed by atoms with van der Waals surface area (Å²) >= 11 is 6.58. The number of fused-ring (bicyclic) bond motifs is 2. The Bertz CT molecular complexity index is 2650. The van der Waals surface area contributed by atoms with Crippen molar-refractivity contribution in [2.75, 3.05) is 24.1 Å².